The van der Waals surface area contributed by atoms with E-state index in [2.05, 4.69) is 11.4 Å². The Bertz CT molecular complexity index is 400. The van der Waals surface area contributed by atoms with Crippen LogP contribution in [0.4, 0.5) is 5.69 Å². The van der Waals surface area contributed by atoms with Crippen molar-refractivity contribution >= 4 is 5.69 Å². The van der Waals surface area contributed by atoms with Crippen LogP contribution >= 0.6 is 0 Å². The van der Waals surface area contributed by atoms with E-state index in [9.17, 15) is 0 Å². The lowest BCUT2D eigenvalue weighted by Gasteiger charge is -2.34. The van der Waals surface area contributed by atoms with Gasteiger partial charge >= 0.3 is 0 Å². The molecule has 1 aromatic carbocycles. The summed E-state index contributed by atoms with van der Waals surface area (Å²) in [7, 11) is 0. The Labute approximate surface area is 89.9 Å². The van der Waals surface area contributed by atoms with Gasteiger partial charge in [-0.25, -0.2) is 0 Å². The van der Waals surface area contributed by atoms with Crippen LogP contribution < -0.4 is 11.1 Å². The molecule has 0 heterocycles. The van der Waals surface area contributed by atoms with Gasteiger partial charge in [0.05, 0.1) is 11.6 Å². The first-order valence-electron chi connectivity index (χ1n) is 5.22. The van der Waals surface area contributed by atoms with Crippen LogP contribution in [0, 0.1) is 18.3 Å². The summed E-state index contributed by atoms with van der Waals surface area (Å²) >= 11 is 0. The molecule has 15 heavy (non-hydrogen) atoms. The average Bonchev–Trinajstić information content (AvgIpc) is 2.19. The maximum Gasteiger partial charge on any atom is 0.0992 e. The van der Waals surface area contributed by atoms with Crippen molar-refractivity contribution in [2.24, 2.45) is 5.73 Å². The zero-order valence-corrected chi connectivity index (χ0v) is 8.83. The van der Waals surface area contributed by atoms with Gasteiger partial charge in [-0.2, -0.15) is 5.26 Å². The molecule has 0 unspecified atom stereocenters. The number of nitrogens with zero attached hydrogens (tertiary/aromatic N) is 1. The van der Waals surface area contributed by atoms with Crippen molar-refractivity contribution in [3.63, 3.8) is 0 Å². The molecule has 1 saturated carbocycles. The third-order valence-electron chi connectivity index (χ3n) is 2.90. The number of rotatable bonds is 2. The highest BCUT2D eigenvalue weighted by Gasteiger charge is 2.25. The van der Waals surface area contributed by atoms with Crippen LogP contribution in [-0.4, -0.2) is 12.1 Å². The Morgan fingerprint density at radius 2 is 2.20 bits per heavy atom. The number of nitrogens with two attached hydrogens (primary N) is 1. The molecule has 3 N–H and O–H groups in total. The number of nitriles is 1. The topological polar surface area (TPSA) is 61.8 Å². The molecule has 0 aromatic heterocycles. The molecule has 3 nitrogen and oxygen atoms in total. The van der Waals surface area contributed by atoms with Crippen molar-refractivity contribution in [3.05, 3.63) is 29.3 Å². The first-order valence-corrected chi connectivity index (χ1v) is 5.22. The standard InChI is InChI=1S/C12H15N3/c1-8-2-3-9(7-13)4-12(8)15-11-5-10(14)6-11/h2-4,10-11,15H,5-6,14H2,1H3. The molecule has 0 aliphatic heterocycles. The molecule has 2 rings (SSSR count). The highest BCUT2D eigenvalue weighted by Crippen LogP contribution is 2.25. The lowest BCUT2D eigenvalue weighted by atomic mass is 9.87. The Hall–Kier alpha value is -1.53. The molecule has 0 bridgehead atoms. The molecule has 1 aliphatic carbocycles. The number of benzene rings is 1. The Morgan fingerprint density at radius 3 is 2.80 bits per heavy atom. The molecule has 0 spiro atoms. The molecule has 3 heteroatoms. The molecule has 0 amide bonds. The van der Waals surface area contributed by atoms with Crippen molar-refractivity contribution in [1.29, 1.82) is 5.26 Å². The quantitative estimate of drug-likeness (QED) is 0.766. The second-order valence-electron chi connectivity index (χ2n) is 4.21. The van der Waals surface area contributed by atoms with Gasteiger partial charge in [-0.15, -0.1) is 0 Å². The largest absolute Gasteiger partial charge is 0.382 e. The zero-order chi connectivity index (χ0) is 10.8. The summed E-state index contributed by atoms with van der Waals surface area (Å²) in [6.45, 7) is 2.04. The summed E-state index contributed by atoms with van der Waals surface area (Å²) in [5.74, 6) is 0. The summed E-state index contributed by atoms with van der Waals surface area (Å²) < 4.78 is 0. The van der Waals surface area contributed by atoms with E-state index in [1.165, 1.54) is 5.56 Å². The second kappa shape index (κ2) is 3.92. The monoisotopic (exact) mass is 201 g/mol. The smallest absolute Gasteiger partial charge is 0.0992 e. The molecule has 78 valence electrons. The zero-order valence-electron chi connectivity index (χ0n) is 8.83. The van der Waals surface area contributed by atoms with Crippen molar-refractivity contribution in [2.75, 3.05) is 5.32 Å². The highest BCUT2D eigenvalue weighted by molar-refractivity contribution is 5.56. The van der Waals surface area contributed by atoms with E-state index >= 15 is 0 Å². The minimum absolute atomic E-state index is 0.349. The van der Waals surface area contributed by atoms with Gasteiger partial charge in [0.15, 0.2) is 0 Å². The van der Waals surface area contributed by atoms with Crippen LogP contribution in [0.5, 0.6) is 0 Å². The SMILES string of the molecule is Cc1ccc(C#N)cc1NC1CC(N)C1. The summed E-state index contributed by atoms with van der Waals surface area (Å²) in [4.78, 5) is 0. The first-order chi connectivity index (χ1) is 7.19. The van der Waals surface area contributed by atoms with Crippen molar-refractivity contribution in [2.45, 2.75) is 31.8 Å². The summed E-state index contributed by atoms with van der Waals surface area (Å²) in [6, 6.07) is 8.69. The molecular weight excluding hydrogens is 186 g/mol. The third kappa shape index (κ3) is 2.11. The van der Waals surface area contributed by atoms with Gasteiger partial charge < -0.3 is 11.1 Å². The second-order valence-corrected chi connectivity index (χ2v) is 4.21. The van der Waals surface area contributed by atoms with Gasteiger partial charge in [-0.05, 0) is 37.5 Å². The van der Waals surface area contributed by atoms with Crippen molar-refractivity contribution in [1.82, 2.24) is 0 Å². The van der Waals surface area contributed by atoms with Gasteiger partial charge in [-0.1, -0.05) is 6.07 Å². The predicted octanol–water partition coefficient (Wildman–Crippen LogP) is 1.77. The molecule has 0 atom stereocenters. The lowest BCUT2D eigenvalue weighted by Crippen LogP contribution is -2.44. The fourth-order valence-electron chi connectivity index (χ4n) is 1.85. The van der Waals surface area contributed by atoms with Crippen LogP contribution in [0.15, 0.2) is 18.2 Å². The fraction of sp³-hybridized carbons (Fsp3) is 0.417. The van der Waals surface area contributed by atoms with E-state index in [1.807, 2.05) is 25.1 Å². The Kier molecular flexibility index (Phi) is 2.61. The maximum atomic E-state index is 8.80. The summed E-state index contributed by atoms with van der Waals surface area (Å²) in [5, 5.41) is 12.2. The molecule has 1 aromatic rings. The number of aryl methyl sites for hydroxylation is 1. The first kappa shape index (κ1) is 10.0. The van der Waals surface area contributed by atoms with E-state index in [4.69, 9.17) is 11.0 Å². The molecular formula is C12H15N3. The van der Waals surface area contributed by atoms with Crippen LogP contribution in [0.1, 0.15) is 24.0 Å². The van der Waals surface area contributed by atoms with E-state index in [-0.39, 0.29) is 0 Å². The Balaban J connectivity index is 2.10. The van der Waals surface area contributed by atoms with E-state index in [0.717, 1.165) is 18.5 Å². The van der Waals surface area contributed by atoms with Gasteiger partial charge in [0, 0.05) is 17.8 Å². The van der Waals surface area contributed by atoms with Crippen LogP contribution in [0.25, 0.3) is 0 Å². The normalized spacial score (nSPS) is 24.1. The van der Waals surface area contributed by atoms with Crippen molar-refractivity contribution < 1.29 is 0 Å². The number of hydrogen-bond donors (Lipinski definition) is 2. The molecule has 1 fully saturated rings. The van der Waals surface area contributed by atoms with Gasteiger partial charge in [0.2, 0.25) is 0 Å². The van der Waals surface area contributed by atoms with Crippen molar-refractivity contribution in [3.8, 4) is 6.07 Å². The molecule has 1 aliphatic rings. The minimum atomic E-state index is 0.349. The Morgan fingerprint density at radius 1 is 1.47 bits per heavy atom. The van der Waals surface area contributed by atoms with Gasteiger partial charge in [0.25, 0.3) is 0 Å². The summed E-state index contributed by atoms with van der Waals surface area (Å²) in [5.41, 5.74) is 8.66. The molecule has 0 radical (unpaired) electrons. The van der Waals surface area contributed by atoms with Gasteiger partial charge in [-0.3, -0.25) is 0 Å². The number of anilines is 1. The summed E-state index contributed by atoms with van der Waals surface area (Å²) in [6.07, 6.45) is 2.05. The lowest BCUT2D eigenvalue weighted by molar-refractivity contribution is 0.373. The maximum absolute atomic E-state index is 8.80. The van der Waals surface area contributed by atoms with E-state index in [1.54, 1.807) is 0 Å². The molecule has 0 saturated heterocycles. The number of hydrogen-bond acceptors (Lipinski definition) is 3. The van der Waals surface area contributed by atoms with Gasteiger partial charge in [0.1, 0.15) is 0 Å². The van der Waals surface area contributed by atoms with E-state index < -0.39 is 0 Å². The van der Waals surface area contributed by atoms with Crippen LogP contribution in [0.3, 0.4) is 0 Å². The third-order valence-corrected chi connectivity index (χ3v) is 2.90. The number of nitrogens with one attached hydrogen (secondary N) is 1. The minimum Gasteiger partial charge on any atom is -0.382 e. The van der Waals surface area contributed by atoms with E-state index in [0.29, 0.717) is 17.6 Å². The fourth-order valence-corrected chi connectivity index (χ4v) is 1.85. The predicted molar refractivity (Wildman–Crippen MR) is 60.5 cm³/mol. The highest BCUT2D eigenvalue weighted by atomic mass is 15.0. The average molecular weight is 201 g/mol. The van der Waals surface area contributed by atoms with Crippen LogP contribution in [-0.2, 0) is 0 Å². The van der Waals surface area contributed by atoms with Crippen LogP contribution in [0.2, 0.25) is 0 Å².